The van der Waals surface area contributed by atoms with Crippen LogP contribution in [0.4, 0.5) is 0 Å². The van der Waals surface area contributed by atoms with Gasteiger partial charge in [0.05, 0.1) is 5.39 Å². The summed E-state index contributed by atoms with van der Waals surface area (Å²) >= 11 is 1.69. The minimum atomic E-state index is 0.646. The zero-order chi connectivity index (χ0) is 12.4. The first-order chi connectivity index (χ1) is 8.09. The van der Waals surface area contributed by atoms with Crippen LogP contribution in [-0.2, 0) is 0 Å². The largest absolute Gasteiger partial charge is 0.476 e. The first kappa shape index (κ1) is 12.3. The lowest BCUT2D eigenvalue weighted by Crippen LogP contribution is -2.19. The first-order valence-corrected chi connectivity index (χ1v) is 6.39. The van der Waals surface area contributed by atoms with E-state index in [2.05, 4.69) is 28.7 Å². The van der Waals surface area contributed by atoms with Crippen molar-refractivity contribution in [3.63, 3.8) is 0 Å². The smallest absolute Gasteiger partial charge is 0.225 e. The van der Waals surface area contributed by atoms with Gasteiger partial charge < -0.3 is 9.64 Å². The van der Waals surface area contributed by atoms with Crippen molar-refractivity contribution < 1.29 is 4.74 Å². The lowest BCUT2D eigenvalue weighted by atomic mass is 10.2. The second-order valence-corrected chi connectivity index (χ2v) is 5.50. The maximum Gasteiger partial charge on any atom is 0.225 e. The van der Waals surface area contributed by atoms with Crippen LogP contribution in [-0.4, -0.2) is 42.1 Å². The Hall–Kier alpha value is -1.20. The molecule has 2 rings (SSSR count). The topological polar surface area (TPSA) is 38.3 Å². The van der Waals surface area contributed by atoms with Gasteiger partial charge in [-0.25, -0.2) is 9.97 Å². The van der Waals surface area contributed by atoms with Gasteiger partial charge in [-0.2, -0.15) is 0 Å². The molecule has 0 spiro atoms. The number of hydrogen-bond donors (Lipinski definition) is 0. The highest BCUT2D eigenvalue weighted by atomic mass is 32.1. The van der Waals surface area contributed by atoms with Crippen molar-refractivity contribution in [3.05, 3.63) is 16.8 Å². The van der Waals surface area contributed by atoms with Gasteiger partial charge in [-0.05, 0) is 33.5 Å². The van der Waals surface area contributed by atoms with Gasteiger partial charge in [0.1, 0.15) is 17.8 Å². The number of ether oxygens (including phenoxy) is 1. The number of rotatable bonds is 4. The average Bonchev–Trinajstić information content (AvgIpc) is 2.55. The van der Waals surface area contributed by atoms with Crippen molar-refractivity contribution in [2.24, 2.45) is 0 Å². The van der Waals surface area contributed by atoms with Crippen molar-refractivity contribution >= 4 is 21.6 Å². The van der Waals surface area contributed by atoms with Gasteiger partial charge in [0.2, 0.25) is 5.88 Å². The Morgan fingerprint density at radius 3 is 2.76 bits per heavy atom. The molecule has 0 saturated heterocycles. The molecule has 5 heteroatoms. The van der Waals surface area contributed by atoms with Gasteiger partial charge in [0.25, 0.3) is 0 Å². The molecule has 0 bridgehead atoms. The van der Waals surface area contributed by atoms with Crippen molar-refractivity contribution in [2.75, 3.05) is 27.2 Å². The van der Waals surface area contributed by atoms with Crippen LogP contribution in [0.3, 0.4) is 0 Å². The molecule has 92 valence electrons. The molecule has 0 amide bonds. The van der Waals surface area contributed by atoms with E-state index in [1.54, 1.807) is 17.7 Å². The quantitative estimate of drug-likeness (QED) is 0.835. The fourth-order valence-electron chi connectivity index (χ4n) is 1.58. The molecule has 2 aromatic rings. The van der Waals surface area contributed by atoms with Gasteiger partial charge >= 0.3 is 0 Å². The summed E-state index contributed by atoms with van der Waals surface area (Å²) in [7, 11) is 4.05. The maximum absolute atomic E-state index is 5.74. The molecular formula is C12H17N3OS. The Labute approximate surface area is 105 Å². The lowest BCUT2D eigenvalue weighted by Gasteiger charge is -2.10. The monoisotopic (exact) mass is 251 g/mol. The summed E-state index contributed by atoms with van der Waals surface area (Å²) in [5.41, 5.74) is 1.23. The molecular weight excluding hydrogens is 234 g/mol. The van der Waals surface area contributed by atoms with Gasteiger partial charge in [-0.1, -0.05) is 0 Å². The van der Waals surface area contributed by atoms with Crippen LogP contribution in [0, 0.1) is 13.8 Å². The number of aromatic nitrogens is 2. The van der Waals surface area contributed by atoms with Crippen molar-refractivity contribution in [3.8, 4) is 5.88 Å². The first-order valence-electron chi connectivity index (χ1n) is 5.58. The molecule has 4 nitrogen and oxygen atoms in total. The van der Waals surface area contributed by atoms with E-state index in [9.17, 15) is 0 Å². The van der Waals surface area contributed by atoms with Crippen molar-refractivity contribution in [2.45, 2.75) is 13.8 Å². The van der Waals surface area contributed by atoms with Gasteiger partial charge in [0.15, 0.2) is 0 Å². The van der Waals surface area contributed by atoms with Crippen LogP contribution < -0.4 is 4.74 Å². The van der Waals surface area contributed by atoms with Crippen LogP contribution in [0.2, 0.25) is 0 Å². The number of fused-ring (bicyclic) bond motifs is 1. The zero-order valence-corrected chi connectivity index (χ0v) is 11.5. The van der Waals surface area contributed by atoms with E-state index in [-0.39, 0.29) is 0 Å². The molecule has 2 aromatic heterocycles. The minimum Gasteiger partial charge on any atom is -0.476 e. The minimum absolute atomic E-state index is 0.646. The average molecular weight is 251 g/mol. The molecule has 0 atom stereocenters. The summed E-state index contributed by atoms with van der Waals surface area (Å²) < 4.78 is 5.74. The number of likely N-dealkylation sites (N-methyl/N-ethyl adjacent to an activating group) is 1. The maximum atomic E-state index is 5.74. The van der Waals surface area contributed by atoms with E-state index >= 15 is 0 Å². The molecule has 0 aliphatic carbocycles. The Morgan fingerprint density at radius 2 is 2.06 bits per heavy atom. The number of thiophene rings is 1. The second-order valence-electron chi connectivity index (χ2n) is 4.29. The summed E-state index contributed by atoms with van der Waals surface area (Å²) in [6.07, 6.45) is 1.57. The van der Waals surface area contributed by atoms with Gasteiger partial charge in [0, 0.05) is 11.4 Å². The van der Waals surface area contributed by atoms with Gasteiger partial charge in [-0.3, -0.25) is 0 Å². The summed E-state index contributed by atoms with van der Waals surface area (Å²) in [4.78, 5) is 12.9. The van der Waals surface area contributed by atoms with E-state index in [0.29, 0.717) is 12.5 Å². The van der Waals surface area contributed by atoms with E-state index in [1.807, 2.05) is 14.1 Å². The molecule has 0 aliphatic rings. The molecule has 2 heterocycles. The lowest BCUT2D eigenvalue weighted by molar-refractivity contribution is 0.256. The Morgan fingerprint density at radius 1 is 1.29 bits per heavy atom. The molecule has 0 fully saturated rings. The van der Waals surface area contributed by atoms with E-state index in [4.69, 9.17) is 4.74 Å². The molecule has 0 unspecified atom stereocenters. The third-order valence-corrected chi connectivity index (χ3v) is 3.82. The molecule has 0 saturated carbocycles. The Bertz CT molecular complexity index is 522. The summed E-state index contributed by atoms with van der Waals surface area (Å²) in [6, 6.07) is 0. The molecule has 17 heavy (non-hydrogen) atoms. The SMILES string of the molecule is Cc1sc2ncnc(OCCN(C)C)c2c1C. The Kier molecular flexibility index (Phi) is 3.59. The van der Waals surface area contributed by atoms with E-state index in [0.717, 1.165) is 16.8 Å². The summed E-state index contributed by atoms with van der Waals surface area (Å²) in [5.74, 6) is 0.707. The number of nitrogens with zero attached hydrogens (tertiary/aromatic N) is 3. The van der Waals surface area contributed by atoms with E-state index < -0.39 is 0 Å². The Balaban J connectivity index is 2.27. The molecule has 0 N–H and O–H groups in total. The predicted octanol–water partition coefficient (Wildman–Crippen LogP) is 2.25. The van der Waals surface area contributed by atoms with Crippen molar-refractivity contribution in [1.29, 1.82) is 0 Å². The second kappa shape index (κ2) is 4.98. The molecule has 0 radical (unpaired) electrons. The highest BCUT2D eigenvalue weighted by molar-refractivity contribution is 7.18. The van der Waals surface area contributed by atoms with Crippen LogP contribution in [0.5, 0.6) is 5.88 Å². The third kappa shape index (κ3) is 2.56. The summed E-state index contributed by atoms with van der Waals surface area (Å²) in [5, 5.41) is 1.06. The van der Waals surface area contributed by atoms with Crippen molar-refractivity contribution in [1.82, 2.24) is 14.9 Å². The standard InChI is InChI=1S/C12H17N3OS/c1-8-9(2)17-12-10(8)11(13-7-14-12)16-6-5-15(3)4/h7H,5-6H2,1-4H3. The summed E-state index contributed by atoms with van der Waals surface area (Å²) in [6.45, 7) is 5.72. The normalized spacial score (nSPS) is 11.4. The fraction of sp³-hybridized carbons (Fsp3) is 0.500. The number of aryl methyl sites for hydroxylation is 2. The van der Waals surface area contributed by atoms with Crippen LogP contribution in [0.15, 0.2) is 6.33 Å². The highest BCUT2D eigenvalue weighted by Crippen LogP contribution is 2.33. The van der Waals surface area contributed by atoms with Crippen LogP contribution in [0.1, 0.15) is 10.4 Å². The molecule has 0 aliphatic heterocycles. The third-order valence-electron chi connectivity index (χ3n) is 2.71. The highest BCUT2D eigenvalue weighted by Gasteiger charge is 2.12. The van der Waals surface area contributed by atoms with Gasteiger partial charge in [-0.15, -0.1) is 11.3 Å². The fourth-order valence-corrected chi connectivity index (χ4v) is 2.57. The number of hydrogen-bond acceptors (Lipinski definition) is 5. The zero-order valence-electron chi connectivity index (χ0n) is 10.6. The van der Waals surface area contributed by atoms with Crippen LogP contribution in [0.25, 0.3) is 10.2 Å². The molecule has 0 aromatic carbocycles. The predicted molar refractivity (Wildman–Crippen MR) is 70.9 cm³/mol. The van der Waals surface area contributed by atoms with E-state index in [1.165, 1.54) is 10.4 Å². The van der Waals surface area contributed by atoms with Crippen LogP contribution >= 0.6 is 11.3 Å².